The molecule has 0 aliphatic heterocycles. The van der Waals surface area contributed by atoms with Crippen LogP contribution in [0, 0.1) is 5.92 Å². The second-order valence-electron chi connectivity index (χ2n) is 5.45. The van der Waals surface area contributed by atoms with E-state index in [2.05, 4.69) is 5.32 Å². The van der Waals surface area contributed by atoms with Crippen LogP contribution in [0.3, 0.4) is 0 Å². The number of benzene rings is 1. The highest BCUT2D eigenvalue weighted by Crippen LogP contribution is 2.23. The molecule has 3 nitrogen and oxygen atoms in total. The Labute approximate surface area is 115 Å². The van der Waals surface area contributed by atoms with Crippen molar-refractivity contribution in [3.05, 3.63) is 35.9 Å². The van der Waals surface area contributed by atoms with Crippen molar-refractivity contribution in [2.24, 2.45) is 11.7 Å². The third kappa shape index (κ3) is 4.35. The monoisotopic (exact) mass is 260 g/mol. The van der Waals surface area contributed by atoms with Gasteiger partial charge in [-0.2, -0.15) is 0 Å². The zero-order valence-corrected chi connectivity index (χ0v) is 11.5. The average molecular weight is 260 g/mol. The lowest BCUT2D eigenvalue weighted by atomic mass is 9.99. The lowest BCUT2D eigenvalue weighted by Gasteiger charge is -2.17. The van der Waals surface area contributed by atoms with Crippen molar-refractivity contribution in [2.75, 3.05) is 6.54 Å². The molecule has 1 aromatic rings. The lowest BCUT2D eigenvalue weighted by Crippen LogP contribution is -2.36. The number of hydrogen-bond acceptors (Lipinski definition) is 2. The predicted molar refractivity (Wildman–Crippen MR) is 77.6 cm³/mol. The van der Waals surface area contributed by atoms with Crippen LogP contribution >= 0.6 is 0 Å². The molecule has 1 atom stereocenters. The summed E-state index contributed by atoms with van der Waals surface area (Å²) in [6, 6.07) is 9.81. The van der Waals surface area contributed by atoms with Crippen LogP contribution < -0.4 is 11.1 Å². The first-order valence-corrected chi connectivity index (χ1v) is 7.35. The van der Waals surface area contributed by atoms with E-state index in [0.717, 1.165) is 18.4 Å². The molecule has 1 aromatic carbocycles. The van der Waals surface area contributed by atoms with E-state index in [1.807, 2.05) is 30.3 Å². The molecule has 1 fully saturated rings. The lowest BCUT2D eigenvalue weighted by molar-refractivity contribution is -0.125. The van der Waals surface area contributed by atoms with Crippen molar-refractivity contribution in [2.45, 2.75) is 44.6 Å². The van der Waals surface area contributed by atoms with Gasteiger partial charge in [0.05, 0.1) is 0 Å². The fourth-order valence-electron chi connectivity index (χ4n) is 2.71. The van der Waals surface area contributed by atoms with Gasteiger partial charge in [-0.25, -0.2) is 0 Å². The summed E-state index contributed by atoms with van der Waals surface area (Å²) in [7, 11) is 0. The van der Waals surface area contributed by atoms with E-state index in [-0.39, 0.29) is 17.9 Å². The second kappa shape index (κ2) is 7.29. The molecular formula is C16H24N2O. The molecule has 1 unspecified atom stereocenters. The van der Waals surface area contributed by atoms with Gasteiger partial charge >= 0.3 is 0 Å². The molecule has 1 aliphatic rings. The Balaban J connectivity index is 1.79. The van der Waals surface area contributed by atoms with Crippen LogP contribution in [0.15, 0.2) is 30.3 Å². The standard InChI is InChI=1S/C16H24N2O/c17-15(13-8-6-3-7-9-13)12-18-16(19)14-10-4-1-2-5-11-14/h3,6-9,14-15H,1-2,4-5,10-12,17H2,(H,18,19). The quantitative estimate of drug-likeness (QED) is 0.818. The van der Waals surface area contributed by atoms with E-state index >= 15 is 0 Å². The molecule has 3 N–H and O–H groups in total. The molecule has 2 rings (SSSR count). The van der Waals surface area contributed by atoms with Gasteiger partial charge in [0, 0.05) is 18.5 Å². The van der Waals surface area contributed by atoms with Gasteiger partial charge in [0.1, 0.15) is 0 Å². The number of carbonyl (C=O) groups is 1. The maximum atomic E-state index is 12.1. The summed E-state index contributed by atoms with van der Waals surface area (Å²) in [6.45, 7) is 0.527. The summed E-state index contributed by atoms with van der Waals surface area (Å²) >= 11 is 0. The minimum atomic E-state index is -0.115. The third-order valence-corrected chi connectivity index (χ3v) is 3.95. The topological polar surface area (TPSA) is 55.1 Å². The highest BCUT2D eigenvalue weighted by Gasteiger charge is 2.20. The zero-order valence-electron chi connectivity index (χ0n) is 11.5. The Morgan fingerprint density at radius 2 is 1.79 bits per heavy atom. The van der Waals surface area contributed by atoms with Gasteiger partial charge in [-0.05, 0) is 18.4 Å². The number of hydrogen-bond donors (Lipinski definition) is 2. The highest BCUT2D eigenvalue weighted by molar-refractivity contribution is 5.78. The Morgan fingerprint density at radius 3 is 2.42 bits per heavy atom. The largest absolute Gasteiger partial charge is 0.354 e. The Hall–Kier alpha value is -1.35. The molecule has 0 saturated heterocycles. The maximum Gasteiger partial charge on any atom is 0.223 e. The number of rotatable bonds is 4. The van der Waals surface area contributed by atoms with Crippen LogP contribution in [0.1, 0.15) is 50.1 Å². The van der Waals surface area contributed by atoms with E-state index in [9.17, 15) is 4.79 Å². The van der Waals surface area contributed by atoms with Gasteiger partial charge in [0.25, 0.3) is 0 Å². The fourth-order valence-corrected chi connectivity index (χ4v) is 2.71. The summed E-state index contributed by atoms with van der Waals surface area (Å²) in [5, 5.41) is 3.01. The van der Waals surface area contributed by atoms with Gasteiger partial charge in [0.15, 0.2) is 0 Å². The zero-order chi connectivity index (χ0) is 13.5. The minimum Gasteiger partial charge on any atom is -0.354 e. The van der Waals surface area contributed by atoms with E-state index in [4.69, 9.17) is 5.73 Å². The normalized spacial score (nSPS) is 18.6. The number of carbonyl (C=O) groups excluding carboxylic acids is 1. The Kier molecular flexibility index (Phi) is 5.40. The molecule has 19 heavy (non-hydrogen) atoms. The van der Waals surface area contributed by atoms with E-state index in [1.54, 1.807) is 0 Å². The highest BCUT2D eigenvalue weighted by atomic mass is 16.1. The average Bonchev–Trinajstić information content (AvgIpc) is 2.74. The summed E-state index contributed by atoms with van der Waals surface area (Å²) < 4.78 is 0. The first-order chi connectivity index (χ1) is 9.27. The Bertz CT molecular complexity index is 383. The molecule has 1 aliphatic carbocycles. The van der Waals surface area contributed by atoms with Crippen molar-refractivity contribution in [1.82, 2.24) is 5.32 Å². The van der Waals surface area contributed by atoms with Crippen molar-refractivity contribution < 1.29 is 4.79 Å². The number of nitrogens with one attached hydrogen (secondary N) is 1. The molecule has 1 amide bonds. The van der Waals surface area contributed by atoms with Gasteiger partial charge in [-0.1, -0.05) is 56.0 Å². The molecule has 0 bridgehead atoms. The summed E-state index contributed by atoms with van der Waals surface area (Å²) in [5.74, 6) is 0.388. The molecule has 0 heterocycles. The van der Waals surface area contributed by atoms with Gasteiger partial charge in [-0.3, -0.25) is 4.79 Å². The van der Waals surface area contributed by atoms with E-state index < -0.39 is 0 Å². The molecule has 104 valence electrons. The summed E-state index contributed by atoms with van der Waals surface area (Å²) in [6.07, 6.45) is 6.98. The molecule has 0 radical (unpaired) electrons. The van der Waals surface area contributed by atoms with Gasteiger partial charge < -0.3 is 11.1 Å². The van der Waals surface area contributed by atoms with Crippen LogP contribution in [0.5, 0.6) is 0 Å². The summed E-state index contributed by atoms with van der Waals surface area (Å²) in [4.78, 5) is 12.1. The van der Waals surface area contributed by atoms with Crippen molar-refractivity contribution >= 4 is 5.91 Å². The molecule has 3 heteroatoms. The third-order valence-electron chi connectivity index (χ3n) is 3.95. The SMILES string of the molecule is NC(CNC(=O)C1CCCCCC1)c1ccccc1. The fraction of sp³-hybridized carbons (Fsp3) is 0.562. The van der Waals surface area contributed by atoms with Crippen molar-refractivity contribution in [3.8, 4) is 0 Å². The van der Waals surface area contributed by atoms with Gasteiger partial charge in [0.2, 0.25) is 5.91 Å². The van der Waals surface area contributed by atoms with Crippen molar-refractivity contribution in [3.63, 3.8) is 0 Å². The van der Waals surface area contributed by atoms with Crippen LogP contribution in [0.2, 0.25) is 0 Å². The van der Waals surface area contributed by atoms with Crippen LogP contribution in [-0.4, -0.2) is 12.5 Å². The van der Waals surface area contributed by atoms with Crippen LogP contribution in [0.25, 0.3) is 0 Å². The molecule has 0 aromatic heterocycles. The summed E-state index contributed by atoms with van der Waals surface area (Å²) in [5.41, 5.74) is 7.16. The number of nitrogens with two attached hydrogens (primary N) is 1. The van der Waals surface area contributed by atoms with Gasteiger partial charge in [-0.15, -0.1) is 0 Å². The smallest absolute Gasteiger partial charge is 0.223 e. The van der Waals surface area contributed by atoms with Crippen LogP contribution in [-0.2, 0) is 4.79 Å². The molecule has 0 spiro atoms. The first kappa shape index (κ1) is 14.1. The second-order valence-corrected chi connectivity index (χ2v) is 5.45. The molecule has 1 saturated carbocycles. The van der Waals surface area contributed by atoms with E-state index in [0.29, 0.717) is 6.54 Å². The van der Waals surface area contributed by atoms with Crippen molar-refractivity contribution in [1.29, 1.82) is 0 Å². The predicted octanol–water partition coefficient (Wildman–Crippen LogP) is 2.77. The first-order valence-electron chi connectivity index (χ1n) is 7.35. The molecular weight excluding hydrogens is 236 g/mol. The minimum absolute atomic E-state index is 0.115. The van der Waals surface area contributed by atoms with E-state index in [1.165, 1.54) is 25.7 Å². The Morgan fingerprint density at radius 1 is 1.16 bits per heavy atom. The van der Waals surface area contributed by atoms with Crippen LogP contribution in [0.4, 0.5) is 0 Å². The number of amides is 1. The maximum absolute atomic E-state index is 12.1.